The van der Waals surface area contributed by atoms with Crippen LogP contribution in [0.1, 0.15) is 43.9 Å². The van der Waals surface area contributed by atoms with Crippen LogP contribution in [-0.4, -0.2) is 57.5 Å². The molecule has 3 saturated heterocycles. The van der Waals surface area contributed by atoms with Crippen LogP contribution in [0.4, 0.5) is 23.8 Å². The molecule has 2 aromatic heterocycles. The molecule has 2 amide bonds. The maximum atomic E-state index is 13.3. The first kappa shape index (κ1) is 21.7. The zero-order valence-electron chi connectivity index (χ0n) is 18.9. The standard InChI is InChI=1S/C23H27F3N6O2/c1-20-9-21(10-20,13-34-20)11-29-19(33)31-4-2-22(12-31)3-5-32-17(22)7-16(30-32)14-6-15(23(24,25)26)18(27)28-8-14/h6-8H,2-5,9-13H2,1H3,(H2,27,28)(H,29,33)/t20?,21?,22-/m1/s1. The molecule has 1 saturated carbocycles. The van der Waals surface area contributed by atoms with Gasteiger partial charge in [0.25, 0.3) is 0 Å². The Hall–Kier alpha value is -2.82. The van der Waals surface area contributed by atoms with Crippen LogP contribution in [0.2, 0.25) is 0 Å². The summed E-state index contributed by atoms with van der Waals surface area (Å²) in [6, 6.07) is 2.77. The van der Waals surface area contributed by atoms with Gasteiger partial charge in [0.15, 0.2) is 0 Å². The summed E-state index contributed by atoms with van der Waals surface area (Å²) in [5, 5.41) is 7.65. The van der Waals surface area contributed by atoms with E-state index in [-0.39, 0.29) is 28.0 Å². The lowest BCUT2D eigenvalue weighted by molar-refractivity contribution is -0.137. The highest BCUT2D eigenvalue weighted by atomic mass is 19.4. The van der Waals surface area contributed by atoms with Crippen LogP contribution in [0.3, 0.4) is 0 Å². The average molecular weight is 477 g/mol. The highest BCUT2D eigenvalue weighted by Crippen LogP contribution is 2.57. The molecule has 7 rings (SSSR count). The zero-order chi connectivity index (χ0) is 23.9. The van der Waals surface area contributed by atoms with E-state index < -0.39 is 17.6 Å². The van der Waals surface area contributed by atoms with E-state index in [0.29, 0.717) is 38.5 Å². The first-order chi connectivity index (χ1) is 16.0. The largest absolute Gasteiger partial charge is 0.419 e. The minimum atomic E-state index is -4.58. The fourth-order valence-electron chi connectivity index (χ4n) is 6.52. The number of nitrogens with one attached hydrogen (secondary N) is 1. The quantitative estimate of drug-likeness (QED) is 0.709. The number of ether oxygens (including phenoxy) is 1. The number of amides is 2. The molecule has 0 unspecified atom stereocenters. The van der Waals surface area contributed by atoms with Crippen molar-refractivity contribution in [1.82, 2.24) is 25.0 Å². The molecule has 4 fully saturated rings. The molecule has 11 heteroatoms. The normalized spacial score (nSPS) is 31.7. The second-order valence-corrected chi connectivity index (χ2v) is 10.7. The minimum absolute atomic E-state index is 0.0107. The van der Waals surface area contributed by atoms with E-state index in [1.54, 1.807) is 0 Å². The number of nitrogens with zero attached hydrogens (tertiary/aromatic N) is 4. The van der Waals surface area contributed by atoms with E-state index in [2.05, 4.69) is 22.3 Å². The monoisotopic (exact) mass is 476 g/mol. The number of urea groups is 1. The first-order valence-corrected chi connectivity index (χ1v) is 11.6. The number of rotatable bonds is 3. The molecular formula is C23H27F3N6O2. The third-order valence-electron chi connectivity index (χ3n) is 8.13. The molecule has 1 aliphatic carbocycles. The van der Waals surface area contributed by atoms with Gasteiger partial charge in [-0.05, 0) is 44.7 Å². The second-order valence-electron chi connectivity index (χ2n) is 10.7. The van der Waals surface area contributed by atoms with Crippen LogP contribution in [0.25, 0.3) is 11.3 Å². The average Bonchev–Trinajstić information content (AvgIpc) is 3.54. The lowest BCUT2D eigenvalue weighted by atomic mass is 9.63. The summed E-state index contributed by atoms with van der Waals surface area (Å²) in [4.78, 5) is 18.5. The molecule has 0 aromatic carbocycles. The van der Waals surface area contributed by atoms with E-state index in [1.807, 2.05) is 15.6 Å². The maximum Gasteiger partial charge on any atom is 0.419 e. The number of carbonyl (C=O) groups is 1. The van der Waals surface area contributed by atoms with Gasteiger partial charge in [-0.1, -0.05) is 0 Å². The van der Waals surface area contributed by atoms with Crippen molar-refractivity contribution >= 4 is 11.8 Å². The number of carbonyl (C=O) groups excluding carboxylic acids is 1. The van der Waals surface area contributed by atoms with Crippen molar-refractivity contribution in [1.29, 1.82) is 0 Å². The molecular weight excluding hydrogens is 449 g/mol. The number of aromatic nitrogens is 3. The number of pyridine rings is 1. The number of likely N-dealkylation sites (tertiary alicyclic amines) is 1. The van der Waals surface area contributed by atoms with Crippen LogP contribution < -0.4 is 11.1 Å². The van der Waals surface area contributed by atoms with E-state index in [9.17, 15) is 18.0 Å². The summed E-state index contributed by atoms with van der Waals surface area (Å²) in [6.45, 7) is 5.31. The number of anilines is 1. The Morgan fingerprint density at radius 2 is 2.03 bits per heavy atom. The van der Waals surface area contributed by atoms with E-state index in [0.717, 1.165) is 37.4 Å². The van der Waals surface area contributed by atoms with Crippen LogP contribution in [0, 0.1) is 5.41 Å². The molecule has 4 aliphatic heterocycles. The number of aryl methyl sites for hydroxylation is 1. The van der Waals surface area contributed by atoms with Gasteiger partial charge >= 0.3 is 12.2 Å². The zero-order valence-corrected chi connectivity index (χ0v) is 18.9. The van der Waals surface area contributed by atoms with Gasteiger partial charge in [0.2, 0.25) is 0 Å². The second kappa shape index (κ2) is 6.87. The summed E-state index contributed by atoms with van der Waals surface area (Å²) < 4.78 is 47.5. The van der Waals surface area contributed by atoms with E-state index in [4.69, 9.17) is 10.5 Å². The van der Waals surface area contributed by atoms with Gasteiger partial charge in [-0.3, -0.25) is 4.68 Å². The fraction of sp³-hybridized carbons (Fsp3) is 0.609. The highest BCUT2D eigenvalue weighted by molar-refractivity contribution is 5.75. The Bertz CT molecular complexity index is 1170. The summed E-state index contributed by atoms with van der Waals surface area (Å²) in [6.07, 6.45) is 0.360. The third kappa shape index (κ3) is 3.27. The van der Waals surface area contributed by atoms with Gasteiger partial charge in [0, 0.05) is 54.5 Å². The lowest BCUT2D eigenvalue weighted by Crippen LogP contribution is -2.51. The first-order valence-electron chi connectivity index (χ1n) is 11.6. The van der Waals surface area contributed by atoms with Gasteiger partial charge in [0.1, 0.15) is 5.82 Å². The fourth-order valence-corrected chi connectivity index (χ4v) is 6.52. The number of halogens is 3. The van der Waals surface area contributed by atoms with Crippen molar-refractivity contribution in [3.8, 4) is 11.3 Å². The number of fused-ring (bicyclic) bond motifs is 3. The van der Waals surface area contributed by atoms with E-state index >= 15 is 0 Å². The number of nitrogen functional groups attached to an aromatic ring is 1. The van der Waals surface area contributed by atoms with Crippen molar-refractivity contribution < 1.29 is 22.7 Å². The Kier molecular flexibility index (Phi) is 4.38. The predicted molar refractivity (Wildman–Crippen MR) is 117 cm³/mol. The number of hydrogen-bond acceptors (Lipinski definition) is 5. The van der Waals surface area contributed by atoms with Crippen molar-refractivity contribution in [3.63, 3.8) is 0 Å². The molecule has 0 radical (unpaired) electrons. The molecule has 6 heterocycles. The summed E-state index contributed by atoms with van der Waals surface area (Å²) >= 11 is 0. The number of hydrogen-bond donors (Lipinski definition) is 2. The summed E-state index contributed by atoms with van der Waals surface area (Å²) in [7, 11) is 0. The Morgan fingerprint density at radius 1 is 1.26 bits per heavy atom. The van der Waals surface area contributed by atoms with E-state index in [1.165, 1.54) is 6.20 Å². The molecule has 1 spiro atoms. The van der Waals surface area contributed by atoms with Crippen LogP contribution in [0.5, 0.6) is 0 Å². The third-order valence-corrected chi connectivity index (χ3v) is 8.13. The molecule has 3 N–H and O–H groups in total. The lowest BCUT2D eigenvalue weighted by Gasteiger charge is -2.42. The van der Waals surface area contributed by atoms with Gasteiger partial charge in [-0.15, -0.1) is 0 Å². The van der Waals surface area contributed by atoms with Crippen LogP contribution in [-0.2, 0) is 22.9 Å². The molecule has 2 aromatic rings. The van der Waals surface area contributed by atoms with Crippen LogP contribution in [0.15, 0.2) is 18.3 Å². The van der Waals surface area contributed by atoms with Crippen molar-refractivity contribution in [3.05, 3.63) is 29.6 Å². The Morgan fingerprint density at radius 3 is 2.74 bits per heavy atom. The summed E-state index contributed by atoms with van der Waals surface area (Å²) in [5.74, 6) is -0.549. The highest BCUT2D eigenvalue weighted by Gasteiger charge is 2.59. The molecule has 34 heavy (non-hydrogen) atoms. The predicted octanol–water partition coefficient (Wildman–Crippen LogP) is 3.17. The van der Waals surface area contributed by atoms with Gasteiger partial charge < -0.3 is 20.7 Å². The molecule has 2 bridgehead atoms. The summed E-state index contributed by atoms with van der Waals surface area (Å²) in [5.41, 5.74) is 5.97. The van der Waals surface area contributed by atoms with Gasteiger partial charge in [-0.2, -0.15) is 18.3 Å². The topological polar surface area (TPSA) is 98.3 Å². The molecule has 182 valence electrons. The molecule has 1 atom stereocenters. The molecule has 5 aliphatic rings. The smallest absolute Gasteiger partial charge is 0.383 e. The minimum Gasteiger partial charge on any atom is -0.383 e. The van der Waals surface area contributed by atoms with Crippen LogP contribution >= 0.6 is 0 Å². The van der Waals surface area contributed by atoms with Gasteiger partial charge in [-0.25, -0.2) is 9.78 Å². The number of alkyl halides is 3. The maximum absolute atomic E-state index is 13.3. The van der Waals surface area contributed by atoms with Crippen molar-refractivity contribution in [2.24, 2.45) is 5.41 Å². The number of nitrogens with two attached hydrogens (primary N) is 1. The Labute approximate surface area is 194 Å². The van der Waals surface area contributed by atoms with Gasteiger partial charge in [0.05, 0.1) is 23.5 Å². The van der Waals surface area contributed by atoms with Crippen molar-refractivity contribution in [2.75, 3.05) is 32.0 Å². The molecule has 8 nitrogen and oxygen atoms in total. The Balaban J connectivity index is 1.17. The SMILES string of the molecule is CC12CC(CNC(=O)N3CC[C@@]4(CCn5nc(-c6cnc(N)c(C(F)(F)F)c6)cc54)C3)(CO1)C2. The van der Waals surface area contributed by atoms with Crippen molar-refractivity contribution in [2.45, 2.75) is 56.3 Å².